The third-order valence-electron chi connectivity index (χ3n) is 7.26. The highest BCUT2D eigenvalue weighted by Gasteiger charge is 2.52. The molecule has 1 saturated carbocycles. The van der Waals surface area contributed by atoms with Gasteiger partial charge in [0.05, 0.1) is 23.7 Å². The Morgan fingerprint density at radius 2 is 2.19 bits per heavy atom. The molecule has 31 heavy (non-hydrogen) atoms. The van der Waals surface area contributed by atoms with Gasteiger partial charge in [-0.25, -0.2) is 5.48 Å². The second kappa shape index (κ2) is 7.76. The number of piperidine rings is 1. The van der Waals surface area contributed by atoms with Crippen molar-refractivity contribution in [2.45, 2.75) is 45.2 Å². The summed E-state index contributed by atoms with van der Waals surface area (Å²) in [6, 6.07) is 5.82. The average molecular weight is 424 g/mol. The quantitative estimate of drug-likeness (QED) is 0.516. The SMILES string of the molecule is CCn1ncc2cc(C3=CCN(C(=O)[C@H]4NCC5(CC5)C[C@@H]4C(=O)NO)CC3)ccc21. The monoisotopic (exact) mass is 423 g/mol. The Balaban J connectivity index is 1.30. The molecule has 1 aromatic carbocycles. The molecular weight excluding hydrogens is 394 g/mol. The summed E-state index contributed by atoms with van der Waals surface area (Å²) in [5.41, 5.74) is 5.43. The van der Waals surface area contributed by atoms with Crippen LogP contribution in [0.2, 0.25) is 0 Å². The minimum atomic E-state index is -0.579. The molecule has 3 aliphatic rings. The summed E-state index contributed by atoms with van der Waals surface area (Å²) >= 11 is 0. The van der Waals surface area contributed by atoms with Crippen molar-refractivity contribution in [2.75, 3.05) is 19.6 Å². The van der Waals surface area contributed by atoms with E-state index in [4.69, 9.17) is 0 Å². The number of carbonyl (C=O) groups excluding carboxylic acids is 2. The van der Waals surface area contributed by atoms with Crippen molar-refractivity contribution in [3.05, 3.63) is 36.0 Å². The predicted molar refractivity (Wildman–Crippen MR) is 116 cm³/mol. The number of hydrogen-bond acceptors (Lipinski definition) is 5. The van der Waals surface area contributed by atoms with Crippen molar-refractivity contribution < 1.29 is 14.8 Å². The van der Waals surface area contributed by atoms with E-state index in [2.05, 4.69) is 41.6 Å². The van der Waals surface area contributed by atoms with Gasteiger partial charge in [-0.05, 0) is 61.3 Å². The Bertz CT molecular complexity index is 1050. The summed E-state index contributed by atoms with van der Waals surface area (Å²) in [6.45, 7) is 4.83. The molecule has 164 valence electrons. The maximum absolute atomic E-state index is 13.2. The molecule has 2 amide bonds. The van der Waals surface area contributed by atoms with Gasteiger partial charge in [0, 0.05) is 31.6 Å². The molecule has 1 aromatic heterocycles. The summed E-state index contributed by atoms with van der Waals surface area (Å²) in [5.74, 6) is -1.05. The molecule has 3 heterocycles. The molecule has 1 spiro atoms. The summed E-state index contributed by atoms with van der Waals surface area (Å²) in [6.07, 6.45) is 7.59. The molecule has 8 nitrogen and oxygen atoms in total. The van der Waals surface area contributed by atoms with Crippen LogP contribution < -0.4 is 10.8 Å². The Labute approximate surface area is 181 Å². The molecule has 2 aromatic rings. The average Bonchev–Trinajstić information content (AvgIpc) is 3.43. The van der Waals surface area contributed by atoms with Crippen LogP contribution in [0.3, 0.4) is 0 Å². The lowest BCUT2D eigenvalue weighted by molar-refractivity contribution is -0.144. The van der Waals surface area contributed by atoms with Crippen LogP contribution in [-0.2, 0) is 16.1 Å². The number of nitrogens with one attached hydrogen (secondary N) is 2. The fourth-order valence-electron chi connectivity index (χ4n) is 5.14. The molecule has 1 saturated heterocycles. The van der Waals surface area contributed by atoms with Gasteiger partial charge in [-0.15, -0.1) is 0 Å². The fourth-order valence-corrected chi connectivity index (χ4v) is 5.14. The van der Waals surface area contributed by atoms with E-state index in [1.54, 1.807) is 5.48 Å². The van der Waals surface area contributed by atoms with Crippen LogP contribution in [0.1, 0.15) is 38.2 Å². The van der Waals surface area contributed by atoms with Gasteiger partial charge in [0.2, 0.25) is 11.8 Å². The van der Waals surface area contributed by atoms with Crippen molar-refractivity contribution >= 4 is 28.3 Å². The van der Waals surface area contributed by atoms with Crippen LogP contribution in [0.15, 0.2) is 30.5 Å². The molecule has 5 rings (SSSR count). The van der Waals surface area contributed by atoms with Gasteiger partial charge in [-0.1, -0.05) is 12.1 Å². The third-order valence-corrected chi connectivity index (χ3v) is 7.26. The van der Waals surface area contributed by atoms with Gasteiger partial charge in [-0.2, -0.15) is 5.10 Å². The van der Waals surface area contributed by atoms with Crippen LogP contribution >= 0.6 is 0 Å². The lowest BCUT2D eigenvalue weighted by Crippen LogP contribution is -2.59. The molecular formula is C23H29N5O3. The maximum Gasteiger partial charge on any atom is 0.248 e. The number of amides is 2. The lowest BCUT2D eigenvalue weighted by atomic mass is 9.81. The normalized spacial score (nSPS) is 24.8. The zero-order chi connectivity index (χ0) is 21.6. The zero-order valence-corrected chi connectivity index (χ0v) is 17.8. The van der Waals surface area contributed by atoms with Crippen molar-refractivity contribution in [1.82, 2.24) is 25.5 Å². The number of hydroxylamine groups is 1. The Morgan fingerprint density at radius 1 is 1.35 bits per heavy atom. The molecule has 8 heteroatoms. The molecule has 0 radical (unpaired) electrons. The number of fused-ring (bicyclic) bond motifs is 1. The molecule has 2 fully saturated rings. The van der Waals surface area contributed by atoms with Gasteiger partial charge in [0.1, 0.15) is 0 Å². The largest absolute Gasteiger partial charge is 0.337 e. The van der Waals surface area contributed by atoms with Crippen LogP contribution in [-0.4, -0.2) is 57.4 Å². The minimum absolute atomic E-state index is 0.0564. The Morgan fingerprint density at radius 3 is 2.87 bits per heavy atom. The number of aromatic nitrogens is 2. The van der Waals surface area contributed by atoms with Gasteiger partial charge in [-0.3, -0.25) is 19.5 Å². The van der Waals surface area contributed by atoms with Crippen LogP contribution in [0.25, 0.3) is 16.5 Å². The smallest absolute Gasteiger partial charge is 0.248 e. The first-order valence-corrected chi connectivity index (χ1v) is 11.1. The molecule has 0 bridgehead atoms. The van der Waals surface area contributed by atoms with E-state index < -0.39 is 17.9 Å². The van der Waals surface area contributed by atoms with Gasteiger partial charge in [0.25, 0.3) is 0 Å². The highest BCUT2D eigenvalue weighted by molar-refractivity contribution is 5.91. The standard InChI is InChI=1S/C23H29N5O3/c1-2-28-19-4-3-16(11-17(19)13-25-28)15-5-9-27(10-6-15)22(30)20-18(21(29)26-31)12-23(7-8-23)14-24-20/h3-5,11,13,18,20,24,31H,2,6-10,12,14H2,1H3,(H,26,29)/t18-,20-/m0/s1. The van der Waals surface area contributed by atoms with Crippen molar-refractivity contribution in [1.29, 1.82) is 0 Å². The molecule has 2 atom stereocenters. The number of hydrogen-bond donors (Lipinski definition) is 3. The van der Waals surface area contributed by atoms with Crippen LogP contribution in [0, 0.1) is 11.3 Å². The summed E-state index contributed by atoms with van der Waals surface area (Å²) in [5, 5.41) is 18.0. The minimum Gasteiger partial charge on any atom is -0.337 e. The summed E-state index contributed by atoms with van der Waals surface area (Å²) in [7, 11) is 0. The fraction of sp³-hybridized carbons (Fsp3) is 0.522. The van der Waals surface area contributed by atoms with E-state index in [1.807, 2.05) is 15.8 Å². The van der Waals surface area contributed by atoms with Gasteiger partial charge >= 0.3 is 0 Å². The Hall–Kier alpha value is -2.71. The summed E-state index contributed by atoms with van der Waals surface area (Å²) in [4.78, 5) is 27.3. The summed E-state index contributed by atoms with van der Waals surface area (Å²) < 4.78 is 1.98. The van der Waals surface area contributed by atoms with Crippen molar-refractivity contribution in [2.24, 2.45) is 11.3 Å². The van der Waals surface area contributed by atoms with Crippen molar-refractivity contribution in [3.63, 3.8) is 0 Å². The predicted octanol–water partition coefficient (Wildman–Crippen LogP) is 1.94. The first-order valence-electron chi connectivity index (χ1n) is 11.1. The number of rotatable bonds is 4. The first kappa shape index (κ1) is 20.2. The molecule has 0 unspecified atom stereocenters. The number of carbonyl (C=O) groups is 2. The van der Waals surface area contributed by atoms with E-state index in [-0.39, 0.29) is 11.3 Å². The van der Waals surface area contributed by atoms with Gasteiger partial charge < -0.3 is 10.2 Å². The third kappa shape index (κ3) is 3.64. The number of benzene rings is 1. The molecule has 1 aliphatic carbocycles. The highest BCUT2D eigenvalue weighted by atomic mass is 16.5. The van der Waals surface area contributed by atoms with Crippen molar-refractivity contribution in [3.8, 4) is 0 Å². The topological polar surface area (TPSA) is 99.5 Å². The lowest BCUT2D eigenvalue weighted by Gasteiger charge is -2.38. The van der Waals surface area contributed by atoms with E-state index in [1.165, 1.54) is 11.1 Å². The number of nitrogens with zero attached hydrogens (tertiary/aromatic N) is 3. The molecule has 2 aliphatic heterocycles. The van der Waals surface area contributed by atoms with Gasteiger partial charge in [0.15, 0.2) is 0 Å². The van der Waals surface area contributed by atoms with E-state index >= 15 is 0 Å². The van der Waals surface area contributed by atoms with E-state index in [0.29, 0.717) is 19.5 Å². The van der Waals surface area contributed by atoms with Crippen LogP contribution in [0.5, 0.6) is 0 Å². The number of aryl methyl sites for hydroxylation is 1. The maximum atomic E-state index is 13.2. The first-order chi connectivity index (χ1) is 15.0. The van der Waals surface area contributed by atoms with E-state index in [9.17, 15) is 14.8 Å². The molecule has 3 N–H and O–H groups in total. The Kier molecular flexibility index (Phi) is 5.06. The zero-order valence-electron chi connectivity index (χ0n) is 17.8. The van der Waals surface area contributed by atoms with E-state index in [0.717, 1.165) is 43.3 Å². The second-order valence-electron chi connectivity index (χ2n) is 9.14. The van der Waals surface area contributed by atoms with Crippen LogP contribution in [0.4, 0.5) is 0 Å². The highest BCUT2D eigenvalue weighted by Crippen LogP contribution is 2.52. The second-order valence-corrected chi connectivity index (χ2v) is 9.14.